The summed E-state index contributed by atoms with van der Waals surface area (Å²) in [6.07, 6.45) is 1.39. The maximum atomic E-state index is 13.9. The second-order valence-corrected chi connectivity index (χ2v) is 6.94. The number of piperazine rings is 1. The fourth-order valence-corrected chi connectivity index (χ4v) is 3.54. The van der Waals surface area contributed by atoms with Crippen molar-refractivity contribution in [3.8, 4) is 0 Å². The molecule has 1 N–H and O–H groups in total. The highest BCUT2D eigenvalue weighted by molar-refractivity contribution is 6.33. The normalized spacial score (nSPS) is 16.6. The summed E-state index contributed by atoms with van der Waals surface area (Å²) in [5.74, 6) is -3.24. The Morgan fingerprint density at radius 2 is 1.96 bits per heavy atom. The smallest absolute Gasteiger partial charge is 0.285 e. The number of anilines is 1. The van der Waals surface area contributed by atoms with Crippen molar-refractivity contribution in [2.24, 2.45) is 0 Å². The molecule has 9 heteroatoms. The maximum Gasteiger partial charge on any atom is 0.285 e. The number of hydrogen-bond acceptors (Lipinski definition) is 4. The van der Waals surface area contributed by atoms with E-state index in [-0.39, 0.29) is 23.0 Å². The average molecular weight is 397 g/mol. The van der Waals surface area contributed by atoms with Gasteiger partial charge in [-0.1, -0.05) is 35.9 Å². The topological polar surface area (TPSA) is 69.3 Å². The van der Waals surface area contributed by atoms with Gasteiger partial charge in [0.05, 0.1) is 24.5 Å². The van der Waals surface area contributed by atoms with Crippen LogP contribution in [-0.2, 0) is 10.7 Å². The Labute approximate surface area is 159 Å². The number of hydrogen-bond donors (Lipinski definition) is 1. The van der Waals surface area contributed by atoms with Gasteiger partial charge in [0.15, 0.2) is 0 Å². The SMILES string of the molecule is C[C@H](c1ccccc1C(C)(F)F)N1CCN(c2cn[nH]c(=O)c2Cl)CC1=O. The first-order chi connectivity index (χ1) is 12.7. The van der Waals surface area contributed by atoms with Crippen LogP contribution in [0.3, 0.4) is 0 Å². The Balaban J connectivity index is 1.83. The highest BCUT2D eigenvalue weighted by Gasteiger charge is 2.34. The number of nitrogens with one attached hydrogen (secondary N) is 1. The summed E-state index contributed by atoms with van der Waals surface area (Å²) in [5.41, 5.74) is 0.176. The van der Waals surface area contributed by atoms with Crippen molar-refractivity contribution in [3.05, 3.63) is 57.0 Å². The van der Waals surface area contributed by atoms with Crippen molar-refractivity contribution in [2.45, 2.75) is 25.8 Å². The summed E-state index contributed by atoms with van der Waals surface area (Å²) in [5, 5.41) is 5.91. The Hall–Kier alpha value is -2.48. The van der Waals surface area contributed by atoms with Crippen LogP contribution in [0.2, 0.25) is 5.02 Å². The number of halogens is 3. The monoisotopic (exact) mass is 396 g/mol. The Bertz CT molecular complexity index is 913. The van der Waals surface area contributed by atoms with Crippen LogP contribution in [0.4, 0.5) is 14.5 Å². The van der Waals surface area contributed by atoms with E-state index in [9.17, 15) is 18.4 Å². The first kappa shape index (κ1) is 19.3. The number of H-pyrrole nitrogens is 1. The lowest BCUT2D eigenvalue weighted by Crippen LogP contribution is -2.51. The fraction of sp³-hybridized carbons (Fsp3) is 0.389. The van der Waals surface area contributed by atoms with Crippen LogP contribution >= 0.6 is 11.6 Å². The van der Waals surface area contributed by atoms with Crippen LogP contribution < -0.4 is 10.5 Å². The molecule has 1 fully saturated rings. The molecule has 1 amide bonds. The van der Waals surface area contributed by atoms with Gasteiger partial charge in [0, 0.05) is 25.6 Å². The molecule has 0 unspecified atom stereocenters. The third-order valence-electron chi connectivity index (χ3n) is 4.73. The van der Waals surface area contributed by atoms with Gasteiger partial charge in [0.25, 0.3) is 11.5 Å². The second-order valence-electron chi connectivity index (χ2n) is 6.56. The highest BCUT2D eigenvalue weighted by atomic mass is 35.5. The summed E-state index contributed by atoms with van der Waals surface area (Å²) in [4.78, 5) is 27.5. The standard InChI is InChI=1S/C18H19ClF2N4O2/c1-11(12-5-3-4-6-13(12)18(2,20)21)25-8-7-24(10-15(25)26)14-9-22-23-17(27)16(14)19/h3-6,9,11H,7-8,10H2,1-2H3,(H,23,27)/t11-/m1/s1. The molecule has 0 radical (unpaired) electrons. The first-order valence-corrected chi connectivity index (χ1v) is 8.82. The van der Waals surface area contributed by atoms with Gasteiger partial charge in [-0.05, 0) is 12.5 Å². The van der Waals surface area contributed by atoms with Gasteiger partial charge in [-0.15, -0.1) is 0 Å². The number of alkyl halides is 2. The van der Waals surface area contributed by atoms with Crippen molar-refractivity contribution in [1.29, 1.82) is 0 Å². The molecular formula is C18H19ClF2N4O2. The number of benzene rings is 1. The molecule has 1 saturated heterocycles. The van der Waals surface area contributed by atoms with Crippen molar-refractivity contribution in [3.63, 3.8) is 0 Å². The molecule has 0 spiro atoms. The quantitative estimate of drug-likeness (QED) is 0.862. The largest absolute Gasteiger partial charge is 0.358 e. The van der Waals surface area contributed by atoms with E-state index in [1.165, 1.54) is 12.3 Å². The van der Waals surface area contributed by atoms with E-state index in [0.717, 1.165) is 6.92 Å². The van der Waals surface area contributed by atoms with E-state index in [0.29, 0.717) is 24.3 Å². The summed E-state index contributed by atoms with van der Waals surface area (Å²) in [6.45, 7) is 3.29. The van der Waals surface area contributed by atoms with Crippen LogP contribution in [0.15, 0.2) is 35.3 Å². The number of amides is 1. The molecule has 0 bridgehead atoms. The molecule has 1 aromatic heterocycles. The zero-order valence-electron chi connectivity index (χ0n) is 14.9. The number of carbonyl (C=O) groups is 1. The fourth-order valence-electron chi connectivity index (χ4n) is 3.33. The third kappa shape index (κ3) is 3.80. The van der Waals surface area contributed by atoms with Crippen LogP contribution in [0, 0.1) is 0 Å². The number of aromatic nitrogens is 2. The first-order valence-electron chi connectivity index (χ1n) is 8.45. The summed E-state index contributed by atoms with van der Waals surface area (Å²) < 4.78 is 27.9. The molecule has 1 aliphatic heterocycles. The number of aromatic amines is 1. The van der Waals surface area contributed by atoms with Crippen molar-refractivity contribution < 1.29 is 13.6 Å². The molecule has 3 rings (SSSR count). The molecule has 2 heterocycles. The van der Waals surface area contributed by atoms with Crippen molar-refractivity contribution in [1.82, 2.24) is 15.1 Å². The maximum absolute atomic E-state index is 13.9. The lowest BCUT2D eigenvalue weighted by molar-refractivity contribution is -0.133. The molecule has 144 valence electrons. The Kier molecular flexibility index (Phi) is 5.19. The minimum absolute atomic E-state index is 0.0140. The number of carbonyl (C=O) groups excluding carboxylic acids is 1. The molecule has 1 aliphatic rings. The van der Waals surface area contributed by atoms with Gasteiger partial charge in [-0.2, -0.15) is 5.10 Å². The van der Waals surface area contributed by atoms with Crippen molar-refractivity contribution in [2.75, 3.05) is 24.5 Å². The molecule has 0 aliphatic carbocycles. The molecule has 2 aromatic rings. The summed E-state index contributed by atoms with van der Waals surface area (Å²) >= 11 is 6.01. The highest BCUT2D eigenvalue weighted by Crippen LogP contribution is 2.35. The van der Waals surface area contributed by atoms with Gasteiger partial charge >= 0.3 is 0 Å². The molecule has 27 heavy (non-hydrogen) atoms. The van der Waals surface area contributed by atoms with Crippen LogP contribution in [0.5, 0.6) is 0 Å². The minimum Gasteiger partial charge on any atom is -0.358 e. The zero-order valence-corrected chi connectivity index (χ0v) is 15.6. The predicted octanol–water partition coefficient (Wildman–Crippen LogP) is 2.94. The van der Waals surface area contributed by atoms with E-state index in [2.05, 4.69) is 10.2 Å². The van der Waals surface area contributed by atoms with Crippen molar-refractivity contribution >= 4 is 23.2 Å². The summed E-state index contributed by atoms with van der Waals surface area (Å²) in [7, 11) is 0. The van der Waals surface area contributed by atoms with E-state index in [4.69, 9.17) is 11.6 Å². The lowest BCUT2D eigenvalue weighted by atomic mass is 9.96. The average Bonchev–Trinajstić information content (AvgIpc) is 2.62. The Morgan fingerprint density at radius 1 is 1.26 bits per heavy atom. The van der Waals surface area contributed by atoms with Gasteiger partial charge in [0.1, 0.15) is 5.02 Å². The van der Waals surface area contributed by atoms with E-state index in [1.54, 1.807) is 34.9 Å². The molecule has 1 atom stereocenters. The summed E-state index contributed by atoms with van der Waals surface area (Å²) in [6, 6.07) is 5.74. The van der Waals surface area contributed by atoms with Crippen LogP contribution in [-0.4, -0.2) is 40.6 Å². The minimum atomic E-state index is -3.00. The molecule has 1 aromatic carbocycles. The van der Waals surface area contributed by atoms with E-state index >= 15 is 0 Å². The number of rotatable bonds is 4. The van der Waals surface area contributed by atoms with E-state index in [1.807, 2.05) is 0 Å². The lowest BCUT2D eigenvalue weighted by Gasteiger charge is -2.39. The molecule has 0 saturated carbocycles. The predicted molar refractivity (Wildman–Crippen MR) is 98.2 cm³/mol. The van der Waals surface area contributed by atoms with Gasteiger partial charge in [-0.25, -0.2) is 13.9 Å². The van der Waals surface area contributed by atoms with Crippen LogP contribution in [0.1, 0.15) is 31.0 Å². The number of nitrogens with zero attached hydrogens (tertiary/aromatic N) is 3. The third-order valence-corrected chi connectivity index (χ3v) is 5.09. The second kappa shape index (κ2) is 7.26. The van der Waals surface area contributed by atoms with Gasteiger partial charge < -0.3 is 9.80 Å². The van der Waals surface area contributed by atoms with Crippen LogP contribution in [0.25, 0.3) is 0 Å². The van der Waals surface area contributed by atoms with E-state index < -0.39 is 17.5 Å². The Morgan fingerprint density at radius 3 is 2.63 bits per heavy atom. The van der Waals surface area contributed by atoms with Gasteiger partial charge in [0.2, 0.25) is 5.91 Å². The molecule has 6 nitrogen and oxygen atoms in total. The zero-order chi connectivity index (χ0) is 19.8. The van der Waals surface area contributed by atoms with Gasteiger partial charge in [-0.3, -0.25) is 9.59 Å². The molecular weight excluding hydrogens is 378 g/mol.